The number of aliphatic hydroxyl groups is 1. The molecule has 0 fully saturated rings. The number of halogens is 9. The molecule has 3 rings (SSSR count). The van der Waals surface area contributed by atoms with Crippen LogP contribution in [0, 0.1) is 17.5 Å². The van der Waals surface area contributed by atoms with Gasteiger partial charge in [0.2, 0.25) is 0 Å². The summed E-state index contributed by atoms with van der Waals surface area (Å²) in [5.74, 6) is -2.69. The molecule has 3 atom stereocenters. The van der Waals surface area contributed by atoms with E-state index in [2.05, 4.69) is 0 Å². The van der Waals surface area contributed by atoms with E-state index in [1.54, 1.807) is 13.8 Å². The highest BCUT2D eigenvalue weighted by Gasteiger charge is 2.20. The lowest BCUT2D eigenvalue weighted by Crippen LogP contribution is -2.06. The van der Waals surface area contributed by atoms with Gasteiger partial charge >= 0.3 is 11.9 Å². The molecule has 0 saturated carbocycles. The molecule has 0 amide bonds. The molecule has 246 valence electrons. The summed E-state index contributed by atoms with van der Waals surface area (Å²) in [5.41, 5.74) is 0.806. The van der Waals surface area contributed by atoms with Gasteiger partial charge in [-0.25, -0.2) is 13.2 Å². The van der Waals surface area contributed by atoms with Crippen LogP contribution in [0.3, 0.4) is 0 Å². The highest BCUT2D eigenvalue weighted by molar-refractivity contribution is 7.37. The van der Waals surface area contributed by atoms with Crippen LogP contribution in [0.4, 0.5) is 13.2 Å². The summed E-state index contributed by atoms with van der Waals surface area (Å²) in [7, 11) is 0. The number of esters is 2. The van der Waals surface area contributed by atoms with Gasteiger partial charge in [-0.05, 0) is 57.2 Å². The van der Waals surface area contributed by atoms with E-state index in [0.29, 0.717) is 0 Å². The summed E-state index contributed by atoms with van der Waals surface area (Å²) >= 11 is 34.4. The average molecular weight is 759 g/mol. The number of ether oxygens (including phenoxy) is 2. The number of rotatable bonds is 5. The molecule has 0 spiro atoms. The Labute approximate surface area is 291 Å². The van der Waals surface area contributed by atoms with E-state index in [4.69, 9.17) is 79.1 Å². The van der Waals surface area contributed by atoms with Crippen LogP contribution in [0.5, 0.6) is 0 Å². The number of hydrogen-bond acceptors (Lipinski definition) is 5. The lowest BCUT2D eigenvalue weighted by molar-refractivity contribution is -0.146. The third-order valence-electron chi connectivity index (χ3n) is 5.15. The Balaban J connectivity index is 0. The van der Waals surface area contributed by atoms with Crippen LogP contribution in [0.1, 0.15) is 77.0 Å². The molecule has 0 heterocycles. The summed E-state index contributed by atoms with van der Waals surface area (Å²) in [6.45, 7) is 7.16. The predicted molar refractivity (Wildman–Crippen MR) is 174 cm³/mol. The zero-order valence-electron chi connectivity index (χ0n) is 23.1. The van der Waals surface area contributed by atoms with E-state index in [9.17, 15) is 27.9 Å². The Morgan fingerprint density at radius 3 is 1.09 bits per heavy atom. The molecule has 5 nitrogen and oxygen atoms in total. The maximum Gasteiger partial charge on any atom is 0.303 e. The van der Waals surface area contributed by atoms with Crippen LogP contribution in [0.25, 0.3) is 0 Å². The van der Waals surface area contributed by atoms with Crippen molar-refractivity contribution in [1.29, 1.82) is 0 Å². The first-order chi connectivity index (χ1) is 19.4. The second-order valence-corrected chi connectivity index (χ2v) is 10.8. The summed E-state index contributed by atoms with van der Waals surface area (Å²) in [4.78, 5) is 21.5. The van der Waals surface area contributed by atoms with Crippen LogP contribution in [-0.4, -0.2) is 17.0 Å². The van der Waals surface area contributed by atoms with E-state index in [1.807, 2.05) is 0 Å². The molecule has 0 aliphatic carbocycles. The molecule has 1 N–H and O–H groups in total. The van der Waals surface area contributed by atoms with Crippen molar-refractivity contribution < 1.29 is 37.3 Å². The summed E-state index contributed by atoms with van der Waals surface area (Å²) in [6.07, 6.45) is -2.20. The Bertz CT molecular complexity index is 1350. The minimum atomic E-state index is -0.860. The Hall–Kier alpha value is -1.56. The van der Waals surface area contributed by atoms with Gasteiger partial charge in [-0.1, -0.05) is 77.0 Å². The lowest BCUT2D eigenvalue weighted by atomic mass is 10.1. The minimum Gasteiger partial charge on any atom is -2.00 e. The van der Waals surface area contributed by atoms with Gasteiger partial charge in [-0.3, -0.25) is 9.59 Å². The minimum absolute atomic E-state index is 0. The third-order valence-corrected chi connectivity index (χ3v) is 7.30. The van der Waals surface area contributed by atoms with Crippen molar-refractivity contribution in [2.45, 2.75) is 60.4 Å². The molecule has 0 aromatic heterocycles. The molecule has 3 aromatic rings. The quantitative estimate of drug-likeness (QED) is 0.207. The smallest absolute Gasteiger partial charge is 0.303 e. The van der Waals surface area contributed by atoms with Crippen LogP contribution in [0.15, 0.2) is 36.4 Å². The molecule has 0 aliphatic heterocycles. The summed E-state index contributed by atoms with van der Waals surface area (Å²) in [5, 5.41) is 9.65. The highest BCUT2D eigenvalue weighted by atomic mass is 35.5. The molecule has 0 saturated heterocycles. The van der Waals surface area contributed by atoms with E-state index >= 15 is 0 Å². The predicted octanol–water partition coefficient (Wildman–Crippen LogP) is 11.3. The van der Waals surface area contributed by atoms with Crippen molar-refractivity contribution >= 4 is 95.0 Å². The summed E-state index contributed by atoms with van der Waals surface area (Å²) < 4.78 is 48.8. The van der Waals surface area contributed by atoms with Crippen molar-refractivity contribution in [3.63, 3.8) is 0 Å². The van der Waals surface area contributed by atoms with Crippen LogP contribution in [-0.2, 0) is 32.6 Å². The topological polar surface area (TPSA) is 72.8 Å². The van der Waals surface area contributed by atoms with Crippen LogP contribution < -0.4 is 0 Å². The second-order valence-electron chi connectivity index (χ2n) is 8.45. The monoisotopic (exact) mass is 756 g/mol. The highest BCUT2D eigenvalue weighted by Crippen LogP contribution is 2.35. The number of carbonyl (C=O) groups excluding carboxylic acids is 2. The third kappa shape index (κ3) is 13.0. The molecule has 15 heteroatoms. The van der Waals surface area contributed by atoms with E-state index in [1.165, 1.54) is 39.0 Å². The van der Waals surface area contributed by atoms with Gasteiger partial charge in [0.25, 0.3) is 0 Å². The fourth-order valence-corrected chi connectivity index (χ4v) is 5.41. The zero-order valence-corrected chi connectivity index (χ0v) is 28.4. The van der Waals surface area contributed by atoms with E-state index in [0.717, 1.165) is 18.2 Å². The van der Waals surface area contributed by atoms with Crippen LogP contribution >= 0.6 is 69.6 Å². The van der Waals surface area contributed by atoms with Crippen molar-refractivity contribution in [3.8, 4) is 0 Å². The van der Waals surface area contributed by atoms with Gasteiger partial charge in [0, 0.05) is 45.6 Å². The first kappa shape index (κ1) is 44.6. The van der Waals surface area contributed by atoms with Crippen molar-refractivity contribution in [2.24, 2.45) is 0 Å². The zero-order chi connectivity index (χ0) is 32.5. The first-order valence-corrected chi connectivity index (χ1v) is 14.1. The molecule has 0 radical (unpaired) electrons. The first-order valence-electron chi connectivity index (χ1n) is 11.8. The Kier molecular flexibility index (Phi) is 20.8. The number of benzene rings is 3. The van der Waals surface area contributed by atoms with Gasteiger partial charge < -0.3 is 28.1 Å². The van der Waals surface area contributed by atoms with Gasteiger partial charge in [0.1, 0.15) is 29.7 Å². The summed E-state index contributed by atoms with van der Waals surface area (Å²) in [6, 6.07) is 7.60. The number of aliphatic hydroxyl groups excluding tert-OH is 1. The standard InChI is InChI=1S/2C10H9Cl2FO2.C8H7Cl2FO.CH4.S/c2*1-5(15-6(2)14)9-7(11)3-4-8(13)10(9)12;1-4(12)7-5(9)2-3-6(11)8(7)10;;/h2*3-5H,1-2H3;2-4,12H,1H3;1H4;/q;;;;-2/t5-;;4-;;/m0.1../s1. The number of hydrogen-bond donors (Lipinski definition) is 1. The largest absolute Gasteiger partial charge is 2.00 e. The molecule has 44 heavy (non-hydrogen) atoms. The maximum atomic E-state index is 13.1. The molecular formula is C29H29Cl6F3O5S-2. The van der Waals surface area contributed by atoms with Gasteiger partial charge in [-0.15, -0.1) is 0 Å². The molecule has 0 bridgehead atoms. The SMILES string of the molecule is C.CC(=O)OC(C)c1c(Cl)ccc(F)c1Cl.CC(=O)O[C@@H](C)c1c(Cl)ccc(F)c1Cl.C[C@@H](O)c1c(Cl)ccc(F)c1Cl.[S-2]. The molecule has 1 unspecified atom stereocenters. The van der Waals surface area contributed by atoms with Gasteiger partial charge in [0.15, 0.2) is 0 Å². The van der Waals surface area contributed by atoms with Crippen molar-refractivity contribution in [3.05, 3.63) is 101 Å². The van der Waals surface area contributed by atoms with Crippen LogP contribution in [0.2, 0.25) is 30.1 Å². The van der Waals surface area contributed by atoms with Crippen molar-refractivity contribution in [1.82, 2.24) is 0 Å². The Morgan fingerprint density at radius 2 is 0.864 bits per heavy atom. The fourth-order valence-electron chi connectivity index (χ4n) is 3.37. The second kappa shape index (κ2) is 20.5. The van der Waals surface area contributed by atoms with Gasteiger partial charge in [0.05, 0.1) is 21.2 Å². The average Bonchev–Trinajstić information content (AvgIpc) is 2.86. The van der Waals surface area contributed by atoms with E-state index in [-0.39, 0.29) is 67.7 Å². The molecular weight excluding hydrogens is 730 g/mol. The fraction of sp³-hybridized carbons (Fsp3) is 0.310. The Morgan fingerprint density at radius 1 is 0.614 bits per heavy atom. The molecule has 0 aliphatic rings. The lowest BCUT2D eigenvalue weighted by Gasteiger charge is -2.15. The molecule has 3 aromatic carbocycles. The number of carbonyl (C=O) groups is 2. The van der Waals surface area contributed by atoms with Gasteiger partial charge in [-0.2, -0.15) is 0 Å². The van der Waals surface area contributed by atoms with E-state index < -0.39 is 47.7 Å². The van der Waals surface area contributed by atoms with Crippen molar-refractivity contribution in [2.75, 3.05) is 0 Å². The maximum absolute atomic E-state index is 13.1. The normalized spacial score (nSPS) is 12.0.